The maximum absolute atomic E-state index is 4.35. The van der Waals surface area contributed by atoms with Crippen LogP contribution in [-0.2, 0) is 0 Å². The first kappa shape index (κ1) is 9.97. The molecule has 1 heteroatoms. The second-order valence-corrected chi connectivity index (χ2v) is 3.28. The Morgan fingerprint density at radius 3 is 2.38 bits per heavy atom. The predicted octanol–water partition coefficient (Wildman–Crippen LogP) is 3.15. The largest absolute Gasteiger partial charge is 0.292 e. The maximum Gasteiger partial charge on any atom is 0.0445 e. The molecule has 1 aromatic carbocycles. The zero-order valence-corrected chi connectivity index (χ0v) is 8.62. The van der Waals surface area contributed by atoms with Crippen LogP contribution in [-0.4, -0.2) is 12.8 Å². The molecule has 0 N–H and O–H groups in total. The molecule has 0 fully saturated rings. The normalized spacial score (nSPS) is 14.2. The molecule has 13 heavy (non-hydrogen) atoms. The van der Waals surface area contributed by atoms with Gasteiger partial charge in [0.05, 0.1) is 0 Å². The van der Waals surface area contributed by atoms with E-state index in [1.807, 2.05) is 13.1 Å². The van der Waals surface area contributed by atoms with Gasteiger partial charge in [0.1, 0.15) is 0 Å². The summed E-state index contributed by atoms with van der Waals surface area (Å²) in [5.41, 5.74) is 2.46. The molecule has 0 heterocycles. The standard InChI is InChI=1S/C12H17N/c1-4-10(2)12(13-3)11-8-6-5-7-9-11/h5-10H,4H2,1-3H3. The molecular formula is C12H17N. The van der Waals surface area contributed by atoms with Crippen molar-refractivity contribution in [1.82, 2.24) is 0 Å². The lowest BCUT2D eigenvalue weighted by Crippen LogP contribution is -2.11. The van der Waals surface area contributed by atoms with Gasteiger partial charge in [0.2, 0.25) is 0 Å². The summed E-state index contributed by atoms with van der Waals surface area (Å²) in [6.45, 7) is 4.41. The van der Waals surface area contributed by atoms with E-state index in [1.165, 1.54) is 11.3 Å². The van der Waals surface area contributed by atoms with Gasteiger partial charge in [-0.1, -0.05) is 44.2 Å². The van der Waals surface area contributed by atoms with Crippen molar-refractivity contribution in [2.75, 3.05) is 7.05 Å². The van der Waals surface area contributed by atoms with Crippen LogP contribution in [0.15, 0.2) is 35.3 Å². The number of aliphatic imine (C=N–C) groups is 1. The zero-order valence-electron chi connectivity index (χ0n) is 8.62. The van der Waals surface area contributed by atoms with Gasteiger partial charge in [-0.25, -0.2) is 0 Å². The fraction of sp³-hybridized carbons (Fsp3) is 0.417. The lowest BCUT2D eigenvalue weighted by atomic mass is 9.96. The first-order valence-electron chi connectivity index (χ1n) is 4.81. The third-order valence-corrected chi connectivity index (χ3v) is 2.39. The van der Waals surface area contributed by atoms with Crippen LogP contribution in [0.25, 0.3) is 0 Å². The molecule has 0 aliphatic heterocycles. The van der Waals surface area contributed by atoms with Crippen LogP contribution in [0.1, 0.15) is 25.8 Å². The number of rotatable bonds is 3. The van der Waals surface area contributed by atoms with Crippen LogP contribution in [0.5, 0.6) is 0 Å². The van der Waals surface area contributed by atoms with Crippen LogP contribution < -0.4 is 0 Å². The zero-order chi connectivity index (χ0) is 9.68. The highest BCUT2D eigenvalue weighted by Crippen LogP contribution is 2.12. The van der Waals surface area contributed by atoms with Crippen molar-refractivity contribution in [3.05, 3.63) is 35.9 Å². The Kier molecular flexibility index (Phi) is 3.69. The molecule has 1 nitrogen and oxygen atoms in total. The summed E-state index contributed by atoms with van der Waals surface area (Å²) in [7, 11) is 1.87. The molecule has 1 atom stereocenters. The number of hydrogen-bond donors (Lipinski definition) is 0. The van der Waals surface area contributed by atoms with Gasteiger partial charge in [0.15, 0.2) is 0 Å². The van der Waals surface area contributed by atoms with Gasteiger partial charge in [-0.05, 0) is 17.9 Å². The molecule has 70 valence electrons. The Hall–Kier alpha value is -1.11. The molecule has 0 aliphatic rings. The van der Waals surface area contributed by atoms with E-state index in [0.717, 1.165) is 6.42 Å². The van der Waals surface area contributed by atoms with Crippen LogP contribution >= 0.6 is 0 Å². The van der Waals surface area contributed by atoms with Crippen molar-refractivity contribution in [2.45, 2.75) is 20.3 Å². The average Bonchev–Trinajstić information content (AvgIpc) is 2.20. The summed E-state index contributed by atoms with van der Waals surface area (Å²) in [6, 6.07) is 10.4. The molecule has 1 unspecified atom stereocenters. The molecule has 0 radical (unpaired) electrons. The Morgan fingerprint density at radius 1 is 1.31 bits per heavy atom. The van der Waals surface area contributed by atoms with Gasteiger partial charge in [-0.15, -0.1) is 0 Å². The summed E-state index contributed by atoms with van der Waals surface area (Å²) in [4.78, 5) is 4.35. The number of nitrogens with zero attached hydrogens (tertiary/aromatic N) is 1. The molecular weight excluding hydrogens is 158 g/mol. The Morgan fingerprint density at radius 2 is 1.92 bits per heavy atom. The lowest BCUT2D eigenvalue weighted by Gasteiger charge is -2.11. The van der Waals surface area contributed by atoms with Gasteiger partial charge in [0.25, 0.3) is 0 Å². The topological polar surface area (TPSA) is 12.4 Å². The smallest absolute Gasteiger partial charge is 0.0445 e. The molecule has 0 amide bonds. The summed E-state index contributed by atoms with van der Waals surface area (Å²) < 4.78 is 0. The fourth-order valence-electron chi connectivity index (χ4n) is 1.44. The quantitative estimate of drug-likeness (QED) is 0.626. The van der Waals surface area contributed by atoms with Gasteiger partial charge in [-0.3, -0.25) is 4.99 Å². The van der Waals surface area contributed by atoms with E-state index in [-0.39, 0.29) is 0 Å². The molecule has 0 saturated heterocycles. The van der Waals surface area contributed by atoms with Crippen molar-refractivity contribution in [2.24, 2.45) is 10.9 Å². The van der Waals surface area contributed by atoms with Gasteiger partial charge in [0, 0.05) is 12.8 Å². The molecule has 0 bridgehead atoms. The summed E-state index contributed by atoms with van der Waals surface area (Å²) in [5.74, 6) is 0.549. The number of benzene rings is 1. The van der Waals surface area contributed by atoms with E-state index in [9.17, 15) is 0 Å². The second kappa shape index (κ2) is 4.80. The van der Waals surface area contributed by atoms with E-state index in [2.05, 4.69) is 43.1 Å². The lowest BCUT2D eigenvalue weighted by molar-refractivity contribution is 0.739. The van der Waals surface area contributed by atoms with E-state index >= 15 is 0 Å². The Labute approximate surface area is 80.5 Å². The molecule has 1 aromatic rings. The first-order chi connectivity index (χ1) is 6.29. The molecule has 0 spiro atoms. The van der Waals surface area contributed by atoms with Gasteiger partial charge in [-0.2, -0.15) is 0 Å². The first-order valence-corrected chi connectivity index (χ1v) is 4.81. The number of hydrogen-bond acceptors (Lipinski definition) is 1. The molecule has 0 aromatic heterocycles. The summed E-state index contributed by atoms with van der Waals surface area (Å²) >= 11 is 0. The van der Waals surface area contributed by atoms with Crippen molar-refractivity contribution < 1.29 is 0 Å². The van der Waals surface area contributed by atoms with E-state index in [0.29, 0.717) is 5.92 Å². The minimum Gasteiger partial charge on any atom is -0.292 e. The molecule has 0 aliphatic carbocycles. The summed E-state index contributed by atoms with van der Waals surface area (Å²) in [6.07, 6.45) is 1.14. The molecule has 0 saturated carbocycles. The van der Waals surface area contributed by atoms with Gasteiger partial charge < -0.3 is 0 Å². The highest BCUT2D eigenvalue weighted by molar-refractivity contribution is 6.01. The highest BCUT2D eigenvalue weighted by atomic mass is 14.7. The second-order valence-electron chi connectivity index (χ2n) is 3.28. The average molecular weight is 175 g/mol. The monoisotopic (exact) mass is 175 g/mol. The minimum atomic E-state index is 0.549. The summed E-state index contributed by atoms with van der Waals surface area (Å²) in [5, 5.41) is 0. The van der Waals surface area contributed by atoms with E-state index < -0.39 is 0 Å². The molecule has 1 rings (SSSR count). The van der Waals surface area contributed by atoms with Crippen molar-refractivity contribution in [3.63, 3.8) is 0 Å². The van der Waals surface area contributed by atoms with Gasteiger partial charge >= 0.3 is 0 Å². The maximum atomic E-state index is 4.35. The van der Waals surface area contributed by atoms with Crippen LogP contribution in [0.2, 0.25) is 0 Å². The van der Waals surface area contributed by atoms with E-state index in [1.54, 1.807) is 0 Å². The van der Waals surface area contributed by atoms with Crippen molar-refractivity contribution in [1.29, 1.82) is 0 Å². The van der Waals surface area contributed by atoms with Crippen LogP contribution in [0.4, 0.5) is 0 Å². The fourth-order valence-corrected chi connectivity index (χ4v) is 1.44. The van der Waals surface area contributed by atoms with Crippen molar-refractivity contribution >= 4 is 5.71 Å². The SMILES string of the molecule is CCC(C)C(=NC)c1ccccc1. The van der Waals surface area contributed by atoms with Crippen LogP contribution in [0, 0.1) is 5.92 Å². The minimum absolute atomic E-state index is 0.549. The third kappa shape index (κ3) is 2.41. The third-order valence-electron chi connectivity index (χ3n) is 2.39. The van der Waals surface area contributed by atoms with Crippen LogP contribution in [0.3, 0.4) is 0 Å². The Bertz CT molecular complexity index is 274. The van der Waals surface area contributed by atoms with Crippen molar-refractivity contribution in [3.8, 4) is 0 Å². The highest BCUT2D eigenvalue weighted by Gasteiger charge is 2.08. The van der Waals surface area contributed by atoms with E-state index in [4.69, 9.17) is 0 Å². The predicted molar refractivity (Wildman–Crippen MR) is 58.4 cm³/mol. The Balaban J connectivity index is 2.93.